The maximum absolute atomic E-state index is 11.3. The molecule has 0 fully saturated rings. The van der Waals surface area contributed by atoms with Crippen molar-refractivity contribution in [3.05, 3.63) is 29.6 Å². The fourth-order valence-electron chi connectivity index (χ4n) is 2.64. The van der Waals surface area contributed by atoms with Crippen LogP contribution in [0.25, 0.3) is 11.0 Å². The van der Waals surface area contributed by atoms with Crippen LogP contribution in [0.1, 0.15) is 56.3 Å². The predicted molar refractivity (Wildman–Crippen MR) is 80.2 cm³/mol. The van der Waals surface area contributed by atoms with Crippen molar-refractivity contribution in [3.8, 4) is 0 Å². The number of aromatic nitrogens is 2. The zero-order chi connectivity index (χ0) is 14.9. The van der Waals surface area contributed by atoms with E-state index < -0.39 is 5.97 Å². The zero-order valence-electron chi connectivity index (χ0n) is 12.6. The maximum Gasteiger partial charge on any atom is 0.337 e. The van der Waals surface area contributed by atoms with Crippen molar-refractivity contribution in [2.75, 3.05) is 0 Å². The molecule has 0 bridgehead atoms. The first-order chi connectivity index (χ1) is 9.51. The van der Waals surface area contributed by atoms with Crippen LogP contribution in [0.5, 0.6) is 0 Å². The van der Waals surface area contributed by atoms with E-state index in [9.17, 15) is 9.90 Å². The molecular weight excluding hydrogens is 252 g/mol. The zero-order valence-corrected chi connectivity index (χ0v) is 12.6. The summed E-state index contributed by atoms with van der Waals surface area (Å²) in [5.74, 6) is 0.562. The van der Waals surface area contributed by atoms with Gasteiger partial charge in [-0.05, 0) is 25.0 Å². The number of fused-ring (bicyclic) bond motifs is 1. The summed E-state index contributed by atoms with van der Waals surface area (Å²) in [7, 11) is 0. The summed E-state index contributed by atoms with van der Waals surface area (Å²) in [6.07, 6.45) is 1.89. The van der Waals surface area contributed by atoms with E-state index in [0.717, 1.165) is 24.2 Å². The number of rotatable bonds is 5. The van der Waals surface area contributed by atoms with Gasteiger partial charge in [0.25, 0.3) is 0 Å². The fraction of sp³-hybridized carbons (Fsp3) is 0.500. The van der Waals surface area contributed by atoms with Crippen molar-refractivity contribution in [1.82, 2.24) is 9.55 Å². The van der Waals surface area contributed by atoms with E-state index in [1.807, 2.05) is 6.07 Å². The highest BCUT2D eigenvalue weighted by atomic mass is 16.4. The van der Waals surface area contributed by atoms with Crippen molar-refractivity contribution in [2.45, 2.75) is 46.6 Å². The topological polar surface area (TPSA) is 55.1 Å². The number of benzene rings is 1. The van der Waals surface area contributed by atoms with Crippen molar-refractivity contribution >= 4 is 17.0 Å². The Morgan fingerprint density at radius 1 is 1.35 bits per heavy atom. The molecule has 1 aromatic carbocycles. The number of carbonyl (C=O) groups is 1. The summed E-state index contributed by atoms with van der Waals surface area (Å²) in [5.41, 5.74) is 1.81. The number of carboxylic acids is 1. The molecule has 0 aliphatic rings. The van der Waals surface area contributed by atoms with Crippen LogP contribution in [0.4, 0.5) is 0 Å². The van der Waals surface area contributed by atoms with Gasteiger partial charge in [-0.2, -0.15) is 0 Å². The standard InChI is InChI=1S/C16H22N2O2/c1-5-10(3)11(4)18-13-9-7-8-12(16(19)20)15(13)17-14(18)6-2/h7-11H,5-6H2,1-4H3,(H,19,20). The predicted octanol–water partition coefficient (Wildman–Crippen LogP) is 3.90. The summed E-state index contributed by atoms with van der Waals surface area (Å²) in [6.45, 7) is 8.63. The molecule has 1 N–H and O–H groups in total. The van der Waals surface area contributed by atoms with Gasteiger partial charge in [-0.15, -0.1) is 0 Å². The molecule has 2 rings (SSSR count). The Kier molecular flexibility index (Phi) is 4.12. The Labute approximate surface area is 119 Å². The number of aromatic carboxylic acids is 1. The second kappa shape index (κ2) is 5.65. The average molecular weight is 274 g/mol. The Bertz CT molecular complexity index is 631. The molecule has 2 aromatic rings. The molecule has 1 heterocycles. The highest BCUT2D eigenvalue weighted by Gasteiger charge is 2.21. The average Bonchev–Trinajstić information content (AvgIpc) is 2.83. The lowest BCUT2D eigenvalue weighted by atomic mass is 10.00. The molecule has 0 spiro atoms. The fourth-order valence-corrected chi connectivity index (χ4v) is 2.64. The largest absolute Gasteiger partial charge is 0.478 e. The molecule has 108 valence electrons. The minimum Gasteiger partial charge on any atom is -0.478 e. The molecule has 0 aliphatic heterocycles. The summed E-state index contributed by atoms with van der Waals surface area (Å²) in [5, 5.41) is 9.30. The molecule has 0 amide bonds. The van der Waals surface area contributed by atoms with Crippen LogP contribution in [0.2, 0.25) is 0 Å². The van der Waals surface area contributed by atoms with E-state index in [1.54, 1.807) is 12.1 Å². The number of carboxylic acid groups (broad SMARTS) is 1. The van der Waals surface area contributed by atoms with Crippen LogP contribution in [0.15, 0.2) is 18.2 Å². The van der Waals surface area contributed by atoms with E-state index in [2.05, 4.69) is 37.2 Å². The highest BCUT2D eigenvalue weighted by molar-refractivity contribution is 6.01. The number of para-hydroxylation sites is 1. The van der Waals surface area contributed by atoms with Crippen LogP contribution in [0.3, 0.4) is 0 Å². The second-order valence-corrected chi connectivity index (χ2v) is 5.36. The van der Waals surface area contributed by atoms with Gasteiger partial charge in [0, 0.05) is 12.5 Å². The van der Waals surface area contributed by atoms with E-state index >= 15 is 0 Å². The third-order valence-electron chi connectivity index (χ3n) is 4.21. The lowest BCUT2D eigenvalue weighted by Gasteiger charge is -2.23. The van der Waals surface area contributed by atoms with Gasteiger partial charge in [-0.1, -0.05) is 33.3 Å². The summed E-state index contributed by atoms with van der Waals surface area (Å²) in [6, 6.07) is 5.69. The summed E-state index contributed by atoms with van der Waals surface area (Å²) >= 11 is 0. The third-order valence-corrected chi connectivity index (χ3v) is 4.21. The van der Waals surface area contributed by atoms with Crippen molar-refractivity contribution in [2.24, 2.45) is 5.92 Å². The van der Waals surface area contributed by atoms with Crippen molar-refractivity contribution in [3.63, 3.8) is 0 Å². The van der Waals surface area contributed by atoms with Gasteiger partial charge in [0.1, 0.15) is 11.3 Å². The van der Waals surface area contributed by atoms with Gasteiger partial charge in [0.2, 0.25) is 0 Å². The Balaban J connectivity index is 2.70. The first kappa shape index (κ1) is 14.6. The SMILES string of the molecule is CCc1nc2c(C(=O)O)cccc2n1C(C)C(C)CC. The third kappa shape index (κ3) is 2.30. The lowest BCUT2D eigenvalue weighted by Crippen LogP contribution is -2.15. The second-order valence-electron chi connectivity index (χ2n) is 5.36. The van der Waals surface area contributed by atoms with Crippen molar-refractivity contribution in [1.29, 1.82) is 0 Å². The molecule has 0 aliphatic carbocycles. The maximum atomic E-state index is 11.3. The van der Waals surface area contributed by atoms with Crippen LogP contribution in [-0.2, 0) is 6.42 Å². The van der Waals surface area contributed by atoms with Gasteiger partial charge in [0.05, 0.1) is 11.1 Å². The Morgan fingerprint density at radius 2 is 2.05 bits per heavy atom. The first-order valence-corrected chi connectivity index (χ1v) is 7.24. The minimum atomic E-state index is -0.918. The van der Waals surface area contributed by atoms with Crippen LogP contribution in [-0.4, -0.2) is 20.6 Å². The molecule has 0 saturated heterocycles. The minimum absolute atomic E-state index is 0.285. The number of hydrogen-bond acceptors (Lipinski definition) is 2. The van der Waals surface area contributed by atoms with Gasteiger partial charge in [-0.25, -0.2) is 9.78 Å². The Morgan fingerprint density at radius 3 is 2.60 bits per heavy atom. The van der Waals surface area contributed by atoms with Gasteiger partial charge in [-0.3, -0.25) is 0 Å². The smallest absolute Gasteiger partial charge is 0.337 e. The van der Waals surface area contributed by atoms with E-state index in [4.69, 9.17) is 0 Å². The van der Waals surface area contributed by atoms with Gasteiger partial charge < -0.3 is 9.67 Å². The number of imidazole rings is 1. The quantitative estimate of drug-likeness (QED) is 0.899. The van der Waals surface area contributed by atoms with E-state index in [0.29, 0.717) is 17.5 Å². The summed E-state index contributed by atoms with van der Waals surface area (Å²) in [4.78, 5) is 15.9. The van der Waals surface area contributed by atoms with Crippen LogP contribution in [0, 0.1) is 5.92 Å². The van der Waals surface area contributed by atoms with E-state index in [-0.39, 0.29) is 5.56 Å². The molecular formula is C16H22N2O2. The Hall–Kier alpha value is -1.84. The monoisotopic (exact) mass is 274 g/mol. The first-order valence-electron chi connectivity index (χ1n) is 7.24. The van der Waals surface area contributed by atoms with Crippen molar-refractivity contribution < 1.29 is 9.90 Å². The molecule has 20 heavy (non-hydrogen) atoms. The molecule has 2 atom stereocenters. The number of nitrogens with zero attached hydrogens (tertiary/aromatic N) is 2. The van der Waals surface area contributed by atoms with E-state index in [1.165, 1.54) is 0 Å². The lowest BCUT2D eigenvalue weighted by molar-refractivity contribution is 0.0699. The van der Waals surface area contributed by atoms with Gasteiger partial charge in [0.15, 0.2) is 0 Å². The van der Waals surface area contributed by atoms with Crippen LogP contribution < -0.4 is 0 Å². The molecule has 2 unspecified atom stereocenters. The number of aryl methyl sites for hydroxylation is 1. The highest BCUT2D eigenvalue weighted by Crippen LogP contribution is 2.29. The van der Waals surface area contributed by atoms with Gasteiger partial charge >= 0.3 is 5.97 Å². The normalized spacial score (nSPS) is 14.4. The number of hydrogen-bond donors (Lipinski definition) is 1. The van der Waals surface area contributed by atoms with Crippen LogP contribution >= 0.6 is 0 Å². The summed E-state index contributed by atoms with van der Waals surface area (Å²) < 4.78 is 2.20. The molecule has 1 aromatic heterocycles. The molecule has 0 radical (unpaired) electrons. The molecule has 4 nitrogen and oxygen atoms in total. The molecule has 0 saturated carbocycles. The molecule has 4 heteroatoms.